The Labute approximate surface area is 196 Å². The van der Waals surface area contributed by atoms with Gasteiger partial charge in [-0.2, -0.15) is 0 Å². The predicted molar refractivity (Wildman–Crippen MR) is 131 cm³/mol. The SMILES string of the molecule is Cc1ccc(OCCNC(=O)CN(c2cc(C)cc(C)c2)S(=O)(=O)c2ccc(C)cc2)cc1. The zero-order valence-corrected chi connectivity index (χ0v) is 20.3. The first-order chi connectivity index (χ1) is 15.6. The van der Waals surface area contributed by atoms with Gasteiger partial charge in [0, 0.05) is 0 Å². The molecule has 0 bridgehead atoms. The molecule has 33 heavy (non-hydrogen) atoms. The summed E-state index contributed by atoms with van der Waals surface area (Å²) in [5.41, 5.74) is 4.39. The highest BCUT2D eigenvalue weighted by Gasteiger charge is 2.27. The first-order valence-corrected chi connectivity index (χ1v) is 12.2. The molecule has 0 aromatic heterocycles. The molecule has 1 amide bonds. The second-order valence-corrected chi connectivity index (χ2v) is 10.0. The summed E-state index contributed by atoms with van der Waals surface area (Å²) >= 11 is 0. The molecule has 3 aromatic rings. The molecule has 0 radical (unpaired) electrons. The van der Waals surface area contributed by atoms with Crippen LogP contribution in [-0.4, -0.2) is 34.0 Å². The highest BCUT2D eigenvalue weighted by molar-refractivity contribution is 7.92. The molecule has 0 aliphatic carbocycles. The van der Waals surface area contributed by atoms with E-state index in [0.29, 0.717) is 11.4 Å². The van der Waals surface area contributed by atoms with Crippen LogP contribution in [0, 0.1) is 27.7 Å². The standard InChI is InChI=1S/C26H30N2O4S/c1-19-5-9-24(10-6-19)32-14-13-27-26(29)18-28(23-16-21(3)15-22(4)17-23)33(30,31)25-11-7-20(2)8-12-25/h5-12,15-17H,13-14,18H2,1-4H3,(H,27,29). The molecule has 1 N–H and O–H groups in total. The van der Waals surface area contributed by atoms with Crippen molar-refractivity contribution in [2.75, 3.05) is 24.0 Å². The fourth-order valence-corrected chi connectivity index (χ4v) is 4.83. The minimum absolute atomic E-state index is 0.141. The van der Waals surface area contributed by atoms with Crippen molar-refractivity contribution in [1.29, 1.82) is 0 Å². The minimum atomic E-state index is -3.94. The van der Waals surface area contributed by atoms with Crippen molar-refractivity contribution < 1.29 is 17.9 Å². The number of anilines is 1. The lowest BCUT2D eigenvalue weighted by Gasteiger charge is -2.25. The smallest absolute Gasteiger partial charge is 0.264 e. The third kappa shape index (κ3) is 6.58. The van der Waals surface area contributed by atoms with Crippen molar-refractivity contribution in [3.8, 4) is 5.75 Å². The minimum Gasteiger partial charge on any atom is -0.492 e. The van der Waals surface area contributed by atoms with Gasteiger partial charge in [0.15, 0.2) is 0 Å². The van der Waals surface area contributed by atoms with E-state index in [1.165, 1.54) is 0 Å². The summed E-state index contributed by atoms with van der Waals surface area (Å²) in [5.74, 6) is 0.311. The number of nitrogens with zero attached hydrogens (tertiary/aromatic N) is 1. The van der Waals surface area contributed by atoms with Crippen molar-refractivity contribution in [3.63, 3.8) is 0 Å². The van der Waals surface area contributed by atoms with Gasteiger partial charge in [0.25, 0.3) is 10.0 Å². The molecule has 0 heterocycles. The van der Waals surface area contributed by atoms with Crippen LogP contribution in [0.2, 0.25) is 0 Å². The monoisotopic (exact) mass is 466 g/mol. The number of carbonyl (C=O) groups is 1. The second kappa shape index (κ2) is 10.5. The van der Waals surface area contributed by atoms with Gasteiger partial charge in [0.2, 0.25) is 5.91 Å². The molecule has 0 aliphatic heterocycles. The maximum Gasteiger partial charge on any atom is 0.264 e. The summed E-state index contributed by atoms with van der Waals surface area (Å²) in [5, 5.41) is 2.76. The Bertz CT molecular complexity index is 1180. The maximum absolute atomic E-state index is 13.5. The van der Waals surface area contributed by atoms with Crippen LogP contribution in [0.4, 0.5) is 5.69 Å². The van der Waals surface area contributed by atoms with Crippen LogP contribution in [0.1, 0.15) is 22.3 Å². The Balaban J connectivity index is 1.74. The molecular weight excluding hydrogens is 436 g/mol. The van der Waals surface area contributed by atoms with E-state index < -0.39 is 15.9 Å². The van der Waals surface area contributed by atoms with Gasteiger partial charge in [-0.25, -0.2) is 8.42 Å². The van der Waals surface area contributed by atoms with Crippen LogP contribution in [0.3, 0.4) is 0 Å². The topological polar surface area (TPSA) is 75.7 Å². The van der Waals surface area contributed by atoms with Crippen LogP contribution in [-0.2, 0) is 14.8 Å². The molecule has 0 spiro atoms. The van der Waals surface area contributed by atoms with Crippen LogP contribution in [0.5, 0.6) is 5.75 Å². The van der Waals surface area contributed by atoms with E-state index >= 15 is 0 Å². The van der Waals surface area contributed by atoms with Crippen molar-refractivity contribution in [3.05, 3.63) is 89.0 Å². The molecule has 0 unspecified atom stereocenters. The van der Waals surface area contributed by atoms with Gasteiger partial charge in [0.05, 0.1) is 17.1 Å². The normalized spacial score (nSPS) is 11.2. The lowest BCUT2D eigenvalue weighted by molar-refractivity contribution is -0.119. The lowest BCUT2D eigenvalue weighted by atomic mass is 10.1. The summed E-state index contributed by atoms with van der Waals surface area (Å²) in [6.07, 6.45) is 0. The summed E-state index contributed by atoms with van der Waals surface area (Å²) < 4.78 is 33.7. The van der Waals surface area contributed by atoms with Gasteiger partial charge >= 0.3 is 0 Å². The zero-order chi connectivity index (χ0) is 24.0. The average Bonchev–Trinajstić information content (AvgIpc) is 2.76. The van der Waals surface area contributed by atoms with Crippen molar-refractivity contribution in [1.82, 2.24) is 5.32 Å². The Hall–Kier alpha value is -3.32. The molecule has 7 heteroatoms. The van der Waals surface area contributed by atoms with E-state index in [9.17, 15) is 13.2 Å². The summed E-state index contributed by atoms with van der Waals surface area (Å²) in [6.45, 7) is 7.90. The van der Waals surface area contributed by atoms with Crippen LogP contribution < -0.4 is 14.4 Å². The molecule has 3 rings (SSSR count). The fraction of sp³-hybridized carbons (Fsp3) is 0.269. The molecular formula is C26H30N2O4S. The highest BCUT2D eigenvalue weighted by Crippen LogP contribution is 2.26. The number of hydrogen-bond donors (Lipinski definition) is 1. The predicted octanol–water partition coefficient (Wildman–Crippen LogP) is 4.31. The number of rotatable bonds is 9. The molecule has 6 nitrogen and oxygen atoms in total. The number of carbonyl (C=O) groups excluding carboxylic acids is 1. The van der Waals surface area contributed by atoms with E-state index in [1.807, 2.05) is 58.0 Å². The third-order valence-corrected chi connectivity index (χ3v) is 6.89. The van der Waals surface area contributed by atoms with Crippen molar-refractivity contribution in [2.24, 2.45) is 0 Å². The Morgan fingerprint density at radius 1 is 0.818 bits per heavy atom. The summed E-state index contributed by atoms with van der Waals surface area (Å²) in [4.78, 5) is 12.9. The Morgan fingerprint density at radius 3 is 1.94 bits per heavy atom. The number of aryl methyl sites for hydroxylation is 4. The zero-order valence-electron chi connectivity index (χ0n) is 19.5. The average molecular weight is 467 g/mol. The fourth-order valence-electron chi connectivity index (χ4n) is 3.43. The Kier molecular flexibility index (Phi) is 7.76. The number of sulfonamides is 1. The summed E-state index contributed by atoms with van der Waals surface area (Å²) in [6, 6.07) is 19.8. The molecule has 0 saturated heterocycles. The largest absolute Gasteiger partial charge is 0.492 e. The highest BCUT2D eigenvalue weighted by atomic mass is 32.2. The van der Waals surface area contributed by atoms with E-state index in [4.69, 9.17) is 4.74 Å². The maximum atomic E-state index is 13.5. The van der Waals surface area contributed by atoms with E-state index in [1.54, 1.807) is 36.4 Å². The van der Waals surface area contributed by atoms with Gasteiger partial charge < -0.3 is 10.1 Å². The van der Waals surface area contributed by atoms with Gasteiger partial charge in [-0.3, -0.25) is 9.10 Å². The van der Waals surface area contributed by atoms with Crippen molar-refractivity contribution >= 4 is 21.6 Å². The number of nitrogens with one attached hydrogen (secondary N) is 1. The van der Waals surface area contributed by atoms with Gasteiger partial charge in [0.1, 0.15) is 18.9 Å². The van der Waals surface area contributed by atoms with Gasteiger partial charge in [-0.15, -0.1) is 0 Å². The first kappa shape index (κ1) is 24.3. The number of ether oxygens (including phenoxy) is 1. The van der Waals surface area contributed by atoms with E-state index in [-0.39, 0.29) is 24.6 Å². The van der Waals surface area contributed by atoms with Gasteiger partial charge in [-0.05, 0) is 75.2 Å². The number of benzene rings is 3. The molecule has 0 aliphatic rings. The Morgan fingerprint density at radius 2 is 1.36 bits per heavy atom. The van der Waals surface area contributed by atoms with Crippen LogP contribution in [0.25, 0.3) is 0 Å². The molecule has 0 saturated carbocycles. The molecule has 0 fully saturated rings. The molecule has 0 atom stereocenters. The number of amides is 1. The van der Waals surface area contributed by atoms with E-state index in [2.05, 4.69) is 5.32 Å². The van der Waals surface area contributed by atoms with Crippen molar-refractivity contribution in [2.45, 2.75) is 32.6 Å². The quantitative estimate of drug-likeness (QED) is 0.477. The van der Waals surface area contributed by atoms with E-state index in [0.717, 1.165) is 26.6 Å². The number of hydrogen-bond acceptors (Lipinski definition) is 4. The lowest BCUT2D eigenvalue weighted by Crippen LogP contribution is -2.42. The van der Waals surface area contributed by atoms with Crippen LogP contribution >= 0.6 is 0 Å². The third-order valence-electron chi connectivity index (χ3n) is 5.10. The summed E-state index contributed by atoms with van der Waals surface area (Å²) in [7, 11) is -3.94. The molecule has 174 valence electrons. The first-order valence-electron chi connectivity index (χ1n) is 10.8. The van der Waals surface area contributed by atoms with Gasteiger partial charge in [-0.1, -0.05) is 41.5 Å². The van der Waals surface area contributed by atoms with Crippen LogP contribution in [0.15, 0.2) is 71.6 Å². The second-order valence-electron chi connectivity index (χ2n) is 8.18. The molecule has 3 aromatic carbocycles.